The molecule has 0 saturated heterocycles. The molecule has 7 heteroatoms. The summed E-state index contributed by atoms with van der Waals surface area (Å²) in [5.74, 6) is -1.08. The molecule has 37 heavy (non-hydrogen) atoms. The number of ether oxygens (including phenoxy) is 2. The number of carbonyl (C=O) groups excluding carboxylic acids is 2. The summed E-state index contributed by atoms with van der Waals surface area (Å²) in [6, 6.07) is 29.3. The van der Waals surface area contributed by atoms with Gasteiger partial charge in [0, 0.05) is 17.8 Å². The molecule has 4 aromatic rings. The zero-order chi connectivity index (χ0) is 26.0. The average Bonchev–Trinajstić information content (AvgIpc) is 2.93. The summed E-state index contributed by atoms with van der Waals surface area (Å²) < 4.78 is 25.7. The molecule has 0 aliphatic carbocycles. The van der Waals surface area contributed by atoms with E-state index in [9.17, 15) is 9.59 Å². The van der Waals surface area contributed by atoms with Crippen LogP contribution in [0.3, 0.4) is 0 Å². The number of methoxy groups -OCH3 is 1. The van der Waals surface area contributed by atoms with Crippen LogP contribution in [-0.4, -0.2) is 19.2 Å². The highest BCUT2D eigenvalue weighted by Gasteiger charge is 2.19. The van der Waals surface area contributed by atoms with Crippen LogP contribution in [0.2, 0.25) is 0 Å². The Morgan fingerprint density at radius 1 is 0.838 bits per heavy atom. The van der Waals surface area contributed by atoms with E-state index < -0.39 is 17.9 Å². The van der Waals surface area contributed by atoms with Crippen LogP contribution in [0.15, 0.2) is 97.1 Å². The topological polar surface area (TPSA) is 76.7 Å². The van der Waals surface area contributed by atoms with E-state index in [-0.39, 0.29) is 24.3 Å². The molecule has 0 unspecified atom stereocenters. The lowest BCUT2D eigenvalue weighted by Crippen LogP contribution is -2.13. The van der Waals surface area contributed by atoms with Gasteiger partial charge in [-0.2, -0.15) is 0 Å². The van der Waals surface area contributed by atoms with E-state index in [1.54, 1.807) is 36.4 Å². The molecule has 0 bridgehead atoms. The first-order valence-electron chi connectivity index (χ1n) is 11.8. The molecule has 4 rings (SSSR count). The van der Waals surface area contributed by atoms with Gasteiger partial charge in [-0.15, -0.1) is 0 Å². The SMILES string of the molecule is COC(=O)Cc1c(-c2cccc(NC(=O)OCc3ccccc3)c2)ccc(NCc2ccccc2)c1F. The minimum absolute atomic E-state index is 0.137. The van der Waals surface area contributed by atoms with Gasteiger partial charge in [0.25, 0.3) is 0 Å². The molecule has 0 aliphatic rings. The molecule has 0 atom stereocenters. The van der Waals surface area contributed by atoms with Gasteiger partial charge in [-0.25, -0.2) is 9.18 Å². The van der Waals surface area contributed by atoms with Gasteiger partial charge < -0.3 is 14.8 Å². The lowest BCUT2D eigenvalue weighted by atomic mass is 9.95. The van der Waals surface area contributed by atoms with Crippen molar-refractivity contribution in [3.63, 3.8) is 0 Å². The second-order valence-electron chi connectivity index (χ2n) is 8.31. The summed E-state index contributed by atoms with van der Waals surface area (Å²) in [6.07, 6.45) is -0.850. The van der Waals surface area contributed by atoms with Crippen LogP contribution in [0.4, 0.5) is 20.6 Å². The van der Waals surface area contributed by atoms with Crippen molar-refractivity contribution in [3.05, 3.63) is 120 Å². The van der Waals surface area contributed by atoms with Crippen molar-refractivity contribution in [1.82, 2.24) is 0 Å². The summed E-state index contributed by atoms with van der Waals surface area (Å²) in [4.78, 5) is 24.4. The summed E-state index contributed by atoms with van der Waals surface area (Å²) in [7, 11) is 1.27. The Kier molecular flexibility index (Phi) is 8.49. The predicted molar refractivity (Wildman–Crippen MR) is 142 cm³/mol. The molecule has 2 N–H and O–H groups in total. The second kappa shape index (κ2) is 12.4. The maximum Gasteiger partial charge on any atom is 0.411 e. The van der Waals surface area contributed by atoms with E-state index >= 15 is 4.39 Å². The van der Waals surface area contributed by atoms with Gasteiger partial charge in [0.15, 0.2) is 5.82 Å². The number of amides is 1. The monoisotopic (exact) mass is 498 g/mol. The molecule has 1 amide bonds. The Labute approximate surface area is 215 Å². The zero-order valence-corrected chi connectivity index (χ0v) is 20.4. The van der Waals surface area contributed by atoms with Gasteiger partial charge >= 0.3 is 12.1 Å². The third kappa shape index (κ3) is 6.95. The lowest BCUT2D eigenvalue weighted by Gasteiger charge is -2.16. The fourth-order valence-corrected chi connectivity index (χ4v) is 3.85. The number of anilines is 2. The van der Waals surface area contributed by atoms with E-state index in [0.717, 1.165) is 11.1 Å². The third-order valence-corrected chi connectivity index (χ3v) is 5.75. The molecule has 188 valence electrons. The smallest absolute Gasteiger partial charge is 0.411 e. The Bertz CT molecular complexity index is 1360. The number of benzene rings is 4. The first kappa shape index (κ1) is 25.4. The number of halogens is 1. The number of esters is 1. The molecule has 0 radical (unpaired) electrons. The first-order chi connectivity index (χ1) is 18.0. The third-order valence-electron chi connectivity index (χ3n) is 5.75. The minimum Gasteiger partial charge on any atom is -0.469 e. The largest absolute Gasteiger partial charge is 0.469 e. The highest BCUT2D eigenvalue weighted by atomic mass is 19.1. The fraction of sp³-hybridized carbons (Fsp3) is 0.133. The van der Waals surface area contributed by atoms with E-state index in [1.165, 1.54) is 7.11 Å². The lowest BCUT2D eigenvalue weighted by molar-refractivity contribution is -0.139. The van der Waals surface area contributed by atoms with Crippen LogP contribution in [0, 0.1) is 5.82 Å². The van der Waals surface area contributed by atoms with Gasteiger partial charge in [-0.3, -0.25) is 10.1 Å². The molecule has 0 heterocycles. The average molecular weight is 499 g/mol. The first-order valence-corrected chi connectivity index (χ1v) is 11.8. The quantitative estimate of drug-likeness (QED) is 0.255. The maximum absolute atomic E-state index is 15.6. The Hall–Kier alpha value is -4.65. The molecule has 0 aromatic heterocycles. The summed E-state index contributed by atoms with van der Waals surface area (Å²) in [5, 5.41) is 5.80. The standard InChI is InChI=1S/C30H27FN2O4/c1-36-28(34)18-26-25(15-16-27(29(26)31)32-19-21-9-4-2-5-10-21)23-13-8-14-24(17-23)33-30(35)37-20-22-11-6-3-7-12-22/h2-17,32H,18-20H2,1H3,(H,33,35). The van der Waals surface area contributed by atoms with Crippen LogP contribution >= 0.6 is 0 Å². The van der Waals surface area contributed by atoms with E-state index in [4.69, 9.17) is 9.47 Å². The van der Waals surface area contributed by atoms with E-state index in [1.807, 2.05) is 60.7 Å². The van der Waals surface area contributed by atoms with Crippen molar-refractivity contribution in [2.45, 2.75) is 19.6 Å². The molecule has 0 saturated carbocycles. The number of hydrogen-bond donors (Lipinski definition) is 2. The Balaban J connectivity index is 1.54. The number of rotatable bonds is 9. The summed E-state index contributed by atoms with van der Waals surface area (Å²) in [6.45, 7) is 0.567. The van der Waals surface area contributed by atoms with Crippen molar-refractivity contribution >= 4 is 23.4 Å². The van der Waals surface area contributed by atoms with Gasteiger partial charge in [0.1, 0.15) is 6.61 Å². The van der Waals surface area contributed by atoms with Crippen LogP contribution < -0.4 is 10.6 Å². The Morgan fingerprint density at radius 3 is 2.24 bits per heavy atom. The van der Waals surface area contributed by atoms with E-state index in [2.05, 4.69) is 10.6 Å². The van der Waals surface area contributed by atoms with Gasteiger partial charge in [-0.05, 0) is 40.5 Å². The molecular weight excluding hydrogens is 471 g/mol. The van der Waals surface area contributed by atoms with Crippen molar-refractivity contribution in [1.29, 1.82) is 0 Å². The molecular formula is C30H27FN2O4. The number of hydrogen-bond acceptors (Lipinski definition) is 5. The summed E-state index contributed by atoms with van der Waals surface area (Å²) >= 11 is 0. The highest BCUT2D eigenvalue weighted by molar-refractivity contribution is 5.87. The number of carbonyl (C=O) groups is 2. The van der Waals surface area contributed by atoms with Crippen LogP contribution in [0.25, 0.3) is 11.1 Å². The van der Waals surface area contributed by atoms with Gasteiger partial charge in [0.05, 0.1) is 19.2 Å². The molecule has 6 nitrogen and oxygen atoms in total. The highest BCUT2D eigenvalue weighted by Crippen LogP contribution is 2.32. The van der Waals surface area contributed by atoms with Crippen molar-refractivity contribution in [3.8, 4) is 11.1 Å². The normalized spacial score (nSPS) is 10.4. The summed E-state index contributed by atoms with van der Waals surface area (Å²) in [5.41, 5.74) is 3.99. The van der Waals surface area contributed by atoms with Crippen molar-refractivity contribution < 1.29 is 23.5 Å². The van der Waals surface area contributed by atoms with Crippen LogP contribution in [0.1, 0.15) is 16.7 Å². The second-order valence-corrected chi connectivity index (χ2v) is 8.31. The van der Waals surface area contributed by atoms with Gasteiger partial charge in [-0.1, -0.05) is 78.9 Å². The molecule has 0 aliphatic heterocycles. The van der Waals surface area contributed by atoms with Crippen LogP contribution in [-0.2, 0) is 33.8 Å². The molecule has 4 aromatic carbocycles. The van der Waals surface area contributed by atoms with E-state index in [0.29, 0.717) is 23.4 Å². The fourth-order valence-electron chi connectivity index (χ4n) is 3.85. The van der Waals surface area contributed by atoms with Gasteiger partial charge in [0.2, 0.25) is 0 Å². The van der Waals surface area contributed by atoms with Crippen molar-refractivity contribution in [2.24, 2.45) is 0 Å². The minimum atomic E-state index is -0.609. The van der Waals surface area contributed by atoms with Crippen LogP contribution in [0.5, 0.6) is 0 Å². The Morgan fingerprint density at radius 2 is 1.54 bits per heavy atom. The maximum atomic E-state index is 15.6. The molecule has 0 spiro atoms. The van der Waals surface area contributed by atoms with Crippen molar-refractivity contribution in [2.75, 3.05) is 17.7 Å². The predicted octanol–water partition coefficient (Wildman–Crippen LogP) is 6.57. The number of nitrogens with one attached hydrogen (secondary N) is 2. The zero-order valence-electron chi connectivity index (χ0n) is 20.4. The molecule has 0 fully saturated rings.